The molecule has 1 saturated carbocycles. The van der Waals surface area contributed by atoms with E-state index in [1.54, 1.807) is 12.7 Å². The Morgan fingerprint density at radius 2 is 2.00 bits per heavy atom. The molecule has 7 rings (SSSR count). The molecule has 0 N–H and O–H groups in total. The molecule has 3 heterocycles. The minimum Gasteiger partial charge on any atom is -0.497 e. The fourth-order valence-corrected chi connectivity index (χ4v) is 8.51. The monoisotopic (exact) mass is 416 g/mol. The smallest absolute Gasteiger partial charge is 0.119 e. The lowest BCUT2D eigenvalue weighted by Crippen LogP contribution is -2.73. The van der Waals surface area contributed by atoms with Crippen LogP contribution in [-0.4, -0.2) is 60.8 Å². The molecule has 0 aromatic heterocycles. The summed E-state index contributed by atoms with van der Waals surface area (Å²) in [6.07, 6.45) is 5.11. The van der Waals surface area contributed by atoms with Crippen molar-refractivity contribution in [1.29, 1.82) is 0 Å². The Hall–Kier alpha value is -1.88. The Morgan fingerprint density at radius 1 is 1.13 bits per heavy atom. The molecule has 162 valence electrons. The number of piperidine rings is 1. The number of benzene rings is 2. The van der Waals surface area contributed by atoms with E-state index in [0.29, 0.717) is 24.1 Å². The lowest BCUT2D eigenvalue weighted by molar-refractivity contribution is -0.168. The van der Waals surface area contributed by atoms with Gasteiger partial charge in [-0.1, -0.05) is 36.4 Å². The summed E-state index contributed by atoms with van der Waals surface area (Å²) in [5.41, 5.74) is 4.60. The predicted octanol–water partition coefficient (Wildman–Crippen LogP) is 3.63. The van der Waals surface area contributed by atoms with Crippen molar-refractivity contribution >= 4 is 0 Å². The molecule has 3 aliphatic heterocycles. The fourth-order valence-electron chi connectivity index (χ4n) is 8.51. The first-order valence-electron chi connectivity index (χ1n) is 12.0. The first kappa shape index (κ1) is 18.7. The zero-order valence-corrected chi connectivity index (χ0v) is 18.6. The Labute approximate surface area is 185 Å². The summed E-state index contributed by atoms with van der Waals surface area (Å²) in [4.78, 5) is 5.35. The van der Waals surface area contributed by atoms with Crippen molar-refractivity contribution in [3.8, 4) is 5.75 Å². The van der Waals surface area contributed by atoms with Crippen molar-refractivity contribution in [2.75, 3.05) is 27.2 Å². The summed E-state index contributed by atoms with van der Waals surface area (Å²) in [5.74, 6) is 1.59. The summed E-state index contributed by atoms with van der Waals surface area (Å²) >= 11 is 0. The number of rotatable bonds is 3. The molecule has 2 aliphatic carbocycles. The second-order valence-corrected chi connectivity index (χ2v) is 10.5. The van der Waals surface area contributed by atoms with Crippen LogP contribution >= 0.6 is 0 Å². The van der Waals surface area contributed by atoms with Crippen LogP contribution in [0.15, 0.2) is 48.5 Å². The molecule has 0 radical (unpaired) electrons. The van der Waals surface area contributed by atoms with Gasteiger partial charge in [0.2, 0.25) is 0 Å². The van der Waals surface area contributed by atoms with E-state index in [9.17, 15) is 0 Å². The van der Waals surface area contributed by atoms with Crippen LogP contribution in [0.3, 0.4) is 0 Å². The molecule has 2 aromatic rings. The maximum absolute atomic E-state index is 7.27. The van der Waals surface area contributed by atoms with E-state index in [1.165, 1.54) is 36.9 Å². The molecular weight excluding hydrogens is 384 g/mol. The average molecular weight is 417 g/mol. The van der Waals surface area contributed by atoms with E-state index in [2.05, 4.69) is 65.4 Å². The normalized spacial score (nSPS) is 40.5. The molecule has 4 bridgehead atoms. The lowest BCUT2D eigenvalue weighted by Gasteiger charge is -2.64. The number of likely N-dealkylation sites (N-methyl/N-ethyl adjacent to an activating group) is 1. The molecule has 2 aromatic carbocycles. The third kappa shape index (κ3) is 2.21. The summed E-state index contributed by atoms with van der Waals surface area (Å²) in [6, 6.07) is 19.0. The van der Waals surface area contributed by atoms with Gasteiger partial charge in [0.1, 0.15) is 5.75 Å². The molecule has 0 amide bonds. The highest BCUT2D eigenvalue weighted by Crippen LogP contribution is 2.69. The van der Waals surface area contributed by atoms with Gasteiger partial charge in [-0.2, -0.15) is 0 Å². The van der Waals surface area contributed by atoms with Crippen LogP contribution in [0.4, 0.5) is 0 Å². The van der Waals surface area contributed by atoms with E-state index in [-0.39, 0.29) is 11.0 Å². The quantitative estimate of drug-likeness (QED) is 0.763. The van der Waals surface area contributed by atoms with E-state index in [4.69, 9.17) is 9.47 Å². The standard InChI is InChI=1S/C27H32N2O2/c1-28-13-12-26-21-15-20(30-2)9-8-19(21)14-24(28)27(26)11-10-22-25(26)23(31-27)17-29(22)16-18-6-4-3-5-7-18/h3-9,15,22-25H,10-14,16-17H2,1-2H3/t22?,23-,24?,25?,26?,27?/m1/s1. The molecular formula is C27H32N2O2. The molecule has 31 heavy (non-hydrogen) atoms. The summed E-state index contributed by atoms with van der Waals surface area (Å²) < 4.78 is 13.0. The molecule has 4 fully saturated rings. The Morgan fingerprint density at radius 3 is 2.84 bits per heavy atom. The fraction of sp³-hybridized carbons (Fsp3) is 0.556. The van der Waals surface area contributed by atoms with Crippen LogP contribution in [0.2, 0.25) is 0 Å². The largest absolute Gasteiger partial charge is 0.497 e. The number of fused-ring (bicyclic) bond motifs is 1. The maximum atomic E-state index is 7.27. The molecule has 5 aliphatic rings. The van der Waals surface area contributed by atoms with Crippen molar-refractivity contribution < 1.29 is 9.47 Å². The summed E-state index contributed by atoms with van der Waals surface area (Å²) in [6.45, 7) is 3.28. The zero-order chi connectivity index (χ0) is 20.8. The third-order valence-corrected chi connectivity index (χ3v) is 9.56. The van der Waals surface area contributed by atoms with E-state index in [0.717, 1.165) is 25.3 Å². The topological polar surface area (TPSA) is 24.9 Å². The van der Waals surface area contributed by atoms with Crippen molar-refractivity contribution in [3.05, 3.63) is 65.2 Å². The van der Waals surface area contributed by atoms with Gasteiger partial charge < -0.3 is 14.4 Å². The van der Waals surface area contributed by atoms with Gasteiger partial charge in [0, 0.05) is 36.5 Å². The van der Waals surface area contributed by atoms with Crippen LogP contribution in [0.1, 0.15) is 36.0 Å². The highest BCUT2D eigenvalue weighted by Gasteiger charge is 2.77. The number of ether oxygens (including phenoxy) is 2. The second kappa shape index (κ2) is 6.34. The van der Waals surface area contributed by atoms with Crippen molar-refractivity contribution in [2.24, 2.45) is 5.92 Å². The van der Waals surface area contributed by atoms with Crippen LogP contribution in [0.5, 0.6) is 5.75 Å². The lowest BCUT2D eigenvalue weighted by atomic mass is 9.46. The van der Waals surface area contributed by atoms with Crippen LogP contribution in [-0.2, 0) is 23.1 Å². The zero-order valence-electron chi connectivity index (χ0n) is 18.6. The minimum absolute atomic E-state index is 0.0238. The van der Waals surface area contributed by atoms with Gasteiger partial charge in [-0.05, 0) is 68.1 Å². The van der Waals surface area contributed by atoms with Gasteiger partial charge in [-0.25, -0.2) is 0 Å². The predicted molar refractivity (Wildman–Crippen MR) is 120 cm³/mol. The Kier molecular flexibility index (Phi) is 3.82. The van der Waals surface area contributed by atoms with E-state index < -0.39 is 0 Å². The number of hydrogen-bond acceptors (Lipinski definition) is 4. The molecule has 3 saturated heterocycles. The molecule has 6 atom stereocenters. The van der Waals surface area contributed by atoms with E-state index in [1.807, 2.05) is 0 Å². The van der Waals surface area contributed by atoms with Gasteiger partial charge in [-0.3, -0.25) is 4.90 Å². The highest BCUT2D eigenvalue weighted by atomic mass is 16.5. The van der Waals surface area contributed by atoms with Gasteiger partial charge in [0.15, 0.2) is 0 Å². The van der Waals surface area contributed by atoms with Gasteiger partial charge in [0.05, 0.1) is 18.8 Å². The van der Waals surface area contributed by atoms with Gasteiger partial charge >= 0.3 is 0 Å². The average Bonchev–Trinajstić information content (AvgIpc) is 3.22. The molecule has 5 unspecified atom stereocenters. The Balaban J connectivity index is 1.36. The minimum atomic E-state index is -0.0238. The third-order valence-electron chi connectivity index (χ3n) is 9.56. The van der Waals surface area contributed by atoms with Gasteiger partial charge in [0.25, 0.3) is 0 Å². The number of methoxy groups -OCH3 is 1. The first-order valence-corrected chi connectivity index (χ1v) is 12.0. The molecule has 4 heteroatoms. The number of likely N-dealkylation sites (tertiary alicyclic amines) is 2. The molecule has 0 spiro atoms. The summed E-state index contributed by atoms with van der Waals surface area (Å²) in [7, 11) is 4.12. The number of nitrogens with zero attached hydrogens (tertiary/aromatic N) is 2. The maximum Gasteiger partial charge on any atom is 0.119 e. The second-order valence-electron chi connectivity index (χ2n) is 10.5. The summed E-state index contributed by atoms with van der Waals surface area (Å²) in [5, 5.41) is 0. The number of hydrogen-bond donors (Lipinski definition) is 0. The molecule has 4 nitrogen and oxygen atoms in total. The van der Waals surface area contributed by atoms with Crippen molar-refractivity contribution in [1.82, 2.24) is 9.80 Å². The Bertz CT molecular complexity index is 1030. The van der Waals surface area contributed by atoms with Crippen molar-refractivity contribution in [3.63, 3.8) is 0 Å². The van der Waals surface area contributed by atoms with E-state index >= 15 is 0 Å². The van der Waals surface area contributed by atoms with Gasteiger partial charge in [-0.15, -0.1) is 0 Å². The van der Waals surface area contributed by atoms with Crippen LogP contribution < -0.4 is 4.74 Å². The van der Waals surface area contributed by atoms with Crippen molar-refractivity contribution in [2.45, 2.75) is 61.4 Å². The first-order chi connectivity index (χ1) is 15.2. The van der Waals surface area contributed by atoms with Crippen LogP contribution in [0, 0.1) is 5.92 Å². The highest BCUT2D eigenvalue weighted by molar-refractivity contribution is 5.52. The van der Waals surface area contributed by atoms with Crippen LogP contribution in [0.25, 0.3) is 0 Å². The SMILES string of the molecule is COc1ccc2c(c1)C13CCN(C)C(C2)C12CCC1C3[C@@H](CN1Cc1ccccc1)O2.